The van der Waals surface area contributed by atoms with Crippen LogP contribution in [-0.4, -0.2) is 4.98 Å². The van der Waals surface area contributed by atoms with Crippen LogP contribution in [0.25, 0.3) is 22.6 Å². The molecule has 2 aromatic carbocycles. The molecule has 3 nitrogen and oxygen atoms in total. The first-order chi connectivity index (χ1) is 11.7. The maximum Gasteiger partial charge on any atom is 0.233 e. The summed E-state index contributed by atoms with van der Waals surface area (Å²) in [5, 5.41) is 0. The van der Waals surface area contributed by atoms with Crippen LogP contribution in [0.1, 0.15) is 11.1 Å². The van der Waals surface area contributed by atoms with E-state index in [0.717, 1.165) is 27.8 Å². The van der Waals surface area contributed by atoms with Crippen molar-refractivity contribution in [2.75, 3.05) is 0 Å². The van der Waals surface area contributed by atoms with E-state index >= 15 is 0 Å². The Bertz CT molecular complexity index is 1020. The Hall–Kier alpha value is -3.01. The number of nitrogens with zero attached hydrogens (tertiary/aromatic N) is 2. The number of pyridine rings is 1. The molecule has 0 atom stereocenters. The third-order valence-corrected chi connectivity index (χ3v) is 3.90. The van der Waals surface area contributed by atoms with Gasteiger partial charge in [0.25, 0.3) is 0 Å². The van der Waals surface area contributed by atoms with Crippen LogP contribution in [-0.2, 0) is 6.54 Å². The standard InChI is InChI=1S/C20H16FN2O/c1-14-7-8-19-18(10-14)22-20(24-19)16-5-3-9-23(13-16)12-15-4-2-6-17(21)11-15/h2-11,13H,12H2,1H3/q+1. The van der Waals surface area contributed by atoms with E-state index in [1.165, 1.54) is 6.07 Å². The summed E-state index contributed by atoms with van der Waals surface area (Å²) in [5.74, 6) is 0.364. The summed E-state index contributed by atoms with van der Waals surface area (Å²) in [6.07, 6.45) is 3.91. The first-order valence-electron chi connectivity index (χ1n) is 7.78. The average Bonchev–Trinajstić information content (AvgIpc) is 2.98. The topological polar surface area (TPSA) is 29.9 Å². The van der Waals surface area contributed by atoms with Crippen LogP contribution in [0.3, 0.4) is 0 Å². The molecular formula is C20H16FN2O+. The second-order valence-electron chi connectivity index (χ2n) is 5.89. The Balaban J connectivity index is 1.68. The molecule has 2 heterocycles. The van der Waals surface area contributed by atoms with Crippen LogP contribution in [0, 0.1) is 12.7 Å². The van der Waals surface area contributed by atoms with Crippen molar-refractivity contribution >= 4 is 11.1 Å². The molecule has 0 N–H and O–H groups in total. The van der Waals surface area contributed by atoms with E-state index in [2.05, 4.69) is 4.98 Å². The fourth-order valence-corrected chi connectivity index (χ4v) is 2.75. The second-order valence-corrected chi connectivity index (χ2v) is 5.89. The quantitative estimate of drug-likeness (QED) is 0.528. The van der Waals surface area contributed by atoms with E-state index in [1.54, 1.807) is 12.1 Å². The Kier molecular flexibility index (Phi) is 3.58. The maximum absolute atomic E-state index is 13.3. The molecule has 4 heteroatoms. The van der Waals surface area contributed by atoms with Crippen LogP contribution >= 0.6 is 0 Å². The van der Waals surface area contributed by atoms with Crippen molar-refractivity contribution in [3.8, 4) is 11.5 Å². The van der Waals surface area contributed by atoms with Gasteiger partial charge in [-0.1, -0.05) is 18.2 Å². The van der Waals surface area contributed by atoms with Gasteiger partial charge in [0.2, 0.25) is 5.89 Å². The minimum atomic E-state index is -0.224. The third-order valence-electron chi connectivity index (χ3n) is 3.90. The molecule has 4 rings (SSSR count). The van der Waals surface area contributed by atoms with Gasteiger partial charge in [-0.25, -0.2) is 9.37 Å². The summed E-state index contributed by atoms with van der Waals surface area (Å²) in [7, 11) is 0. The lowest BCUT2D eigenvalue weighted by Crippen LogP contribution is -2.33. The monoisotopic (exact) mass is 319 g/mol. The van der Waals surface area contributed by atoms with Gasteiger partial charge in [-0.2, -0.15) is 4.57 Å². The summed E-state index contributed by atoms with van der Waals surface area (Å²) in [6.45, 7) is 2.62. The van der Waals surface area contributed by atoms with E-state index in [1.807, 2.05) is 60.3 Å². The molecule has 0 saturated carbocycles. The number of halogens is 1. The van der Waals surface area contributed by atoms with Crippen LogP contribution < -0.4 is 4.57 Å². The predicted molar refractivity (Wildman–Crippen MR) is 89.9 cm³/mol. The molecule has 118 valence electrons. The fraction of sp³-hybridized carbons (Fsp3) is 0.100. The second kappa shape index (κ2) is 5.89. The van der Waals surface area contributed by atoms with Crippen molar-refractivity contribution in [1.82, 2.24) is 4.98 Å². The predicted octanol–water partition coefficient (Wildman–Crippen LogP) is 4.28. The zero-order valence-electron chi connectivity index (χ0n) is 13.2. The summed E-state index contributed by atoms with van der Waals surface area (Å²) in [5.41, 5.74) is 4.58. The van der Waals surface area contributed by atoms with Crippen LogP contribution in [0.15, 0.2) is 71.4 Å². The van der Waals surface area contributed by atoms with E-state index in [0.29, 0.717) is 12.4 Å². The van der Waals surface area contributed by atoms with E-state index in [9.17, 15) is 4.39 Å². The number of oxazole rings is 1. The number of rotatable bonds is 3. The molecule has 0 saturated heterocycles. The molecule has 0 spiro atoms. The first kappa shape index (κ1) is 14.6. The molecule has 0 radical (unpaired) electrons. The van der Waals surface area contributed by atoms with Crippen LogP contribution in [0.4, 0.5) is 4.39 Å². The number of hydrogen-bond acceptors (Lipinski definition) is 2. The summed E-state index contributed by atoms with van der Waals surface area (Å²) in [4.78, 5) is 4.57. The fourth-order valence-electron chi connectivity index (χ4n) is 2.75. The Morgan fingerprint density at radius 1 is 1.08 bits per heavy atom. The lowest BCUT2D eigenvalue weighted by molar-refractivity contribution is -0.687. The first-order valence-corrected chi connectivity index (χ1v) is 7.78. The zero-order valence-corrected chi connectivity index (χ0v) is 13.2. The highest BCUT2D eigenvalue weighted by Crippen LogP contribution is 2.23. The van der Waals surface area contributed by atoms with Crippen molar-refractivity contribution < 1.29 is 13.4 Å². The number of fused-ring (bicyclic) bond motifs is 1. The maximum atomic E-state index is 13.3. The van der Waals surface area contributed by atoms with E-state index < -0.39 is 0 Å². The summed E-state index contributed by atoms with van der Waals surface area (Å²) in [6, 6.07) is 16.5. The molecule has 2 aromatic heterocycles. The summed E-state index contributed by atoms with van der Waals surface area (Å²) >= 11 is 0. The van der Waals surface area contributed by atoms with Gasteiger partial charge < -0.3 is 4.42 Å². The van der Waals surface area contributed by atoms with Gasteiger partial charge in [-0.05, 0) is 42.8 Å². The molecule has 0 amide bonds. The van der Waals surface area contributed by atoms with Gasteiger partial charge >= 0.3 is 0 Å². The zero-order chi connectivity index (χ0) is 16.5. The van der Waals surface area contributed by atoms with Gasteiger partial charge in [-0.15, -0.1) is 0 Å². The SMILES string of the molecule is Cc1ccc2oc(-c3ccc[n+](Cc4cccc(F)c4)c3)nc2c1. The molecule has 0 fully saturated rings. The minimum Gasteiger partial charge on any atom is -0.436 e. The molecule has 0 bridgehead atoms. The molecule has 24 heavy (non-hydrogen) atoms. The molecule has 0 aliphatic heterocycles. The highest BCUT2D eigenvalue weighted by Gasteiger charge is 2.12. The highest BCUT2D eigenvalue weighted by atomic mass is 19.1. The Morgan fingerprint density at radius 3 is 2.88 bits per heavy atom. The van der Waals surface area contributed by atoms with Crippen molar-refractivity contribution in [3.05, 3.63) is 83.9 Å². The average molecular weight is 319 g/mol. The number of benzene rings is 2. The van der Waals surface area contributed by atoms with Crippen molar-refractivity contribution in [2.24, 2.45) is 0 Å². The minimum absolute atomic E-state index is 0.224. The van der Waals surface area contributed by atoms with Crippen LogP contribution in [0.5, 0.6) is 0 Å². The Morgan fingerprint density at radius 2 is 2.00 bits per heavy atom. The summed E-state index contributed by atoms with van der Waals surface area (Å²) < 4.78 is 21.2. The van der Waals surface area contributed by atoms with E-state index in [4.69, 9.17) is 4.42 Å². The normalized spacial score (nSPS) is 11.1. The van der Waals surface area contributed by atoms with Gasteiger partial charge in [-0.3, -0.25) is 0 Å². The lowest BCUT2D eigenvalue weighted by atomic mass is 10.2. The molecule has 0 aliphatic carbocycles. The number of aryl methyl sites for hydroxylation is 1. The van der Waals surface area contributed by atoms with Crippen molar-refractivity contribution in [1.29, 1.82) is 0 Å². The molecular weight excluding hydrogens is 303 g/mol. The van der Waals surface area contributed by atoms with Crippen LogP contribution in [0.2, 0.25) is 0 Å². The van der Waals surface area contributed by atoms with Gasteiger partial charge in [0.1, 0.15) is 16.9 Å². The smallest absolute Gasteiger partial charge is 0.233 e. The van der Waals surface area contributed by atoms with Gasteiger partial charge in [0, 0.05) is 11.6 Å². The largest absolute Gasteiger partial charge is 0.436 e. The highest BCUT2D eigenvalue weighted by molar-refractivity contribution is 5.76. The number of hydrogen-bond donors (Lipinski definition) is 0. The lowest BCUT2D eigenvalue weighted by Gasteiger charge is -1.99. The van der Waals surface area contributed by atoms with Gasteiger partial charge in [0.05, 0.1) is 0 Å². The number of aromatic nitrogens is 2. The Labute approximate surface area is 139 Å². The van der Waals surface area contributed by atoms with E-state index in [-0.39, 0.29) is 5.82 Å². The van der Waals surface area contributed by atoms with Gasteiger partial charge in [0.15, 0.2) is 24.5 Å². The molecule has 0 unspecified atom stereocenters. The molecule has 4 aromatic rings. The third kappa shape index (κ3) is 2.91. The molecule has 0 aliphatic rings. The van der Waals surface area contributed by atoms with Crippen molar-refractivity contribution in [2.45, 2.75) is 13.5 Å². The van der Waals surface area contributed by atoms with Crippen molar-refractivity contribution in [3.63, 3.8) is 0 Å².